The first kappa shape index (κ1) is 13.6. The van der Waals surface area contributed by atoms with Crippen LogP contribution in [0, 0.1) is 6.92 Å². The van der Waals surface area contributed by atoms with Crippen LogP contribution in [0.5, 0.6) is 5.75 Å². The zero-order valence-electron chi connectivity index (χ0n) is 11.4. The monoisotopic (exact) mass is 260 g/mol. The molecule has 2 N–H and O–H groups in total. The number of aliphatic hydroxyl groups excluding tert-OH is 1. The number of nitrogens with one attached hydrogen (secondary N) is 1. The Kier molecular flexibility index (Phi) is 4.58. The summed E-state index contributed by atoms with van der Waals surface area (Å²) in [6, 6.07) is 7.82. The maximum atomic E-state index is 9.40. The lowest BCUT2D eigenvalue weighted by Crippen LogP contribution is -1.96. The lowest BCUT2D eigenvalue weighted by atomic mass is 10.1. The molecule has 0 saturated carbocycles. The summed E-state index contributed by atoms with van der Waals surface area (Å²) in [6.07, 6.45) is 2.17. The van der Waals surface area contributed by atoms with Crippen molar-refractivity contribution in [1.82, 2.24) is 10.2 Å². The molecule has 0 saturated heterocycles. The molecule has 4 heteroatoms. The molecule has 4 nitrogen and oxygen atoms in total. The van der Waals surface area contributed by atoms with Gasteiger partial charge in [-0.1, -0.05) is 25.5 Å². The SMILES string of the molecule is CCCCOc1cccc(-c2n[nH]c(C)c2CO)c1. The second kappa shape index (κ2) is 6.38. The molecule has 2 aromatic rings. The third-order valence-corrected chi connectivity index (χ3v) is 3.11. The van der Waals surface area contributed by atoms with Crippen LogP contribution in [0.4, 0.5) is 0 Å². The second-order valence-corrected chi connectivity index (χ2v) is 4.56. The van der Waals surface area contributed by atoms with Crippen molar-refractivity contribution in [2.24, 2.45) is 0 Å². The van der Waals surface area contributed by atoms with Crippen LogP contribution in [0.1, 0.15) is 31.0 Å². The van der Waals surface area contributed by atoms with Crippen molar-refractivity contribution in [1.29, 1.82) is 0 Å². The van der Waals surface area contributed by atoms with Crippen LogP contribution < -0.4 is 4.74 Å². The van der Waals surface area contributed by atoms with E-state index in [-0.39, 0.29) is 6.61 Å². The van der Waals surface area contributed by atoms with Gasteiger partial charge in [-0.15, -0.1) is 0 Å². The maximum absolute atomic E-state index is 9.40. The van der Waals surface area contributed by atoms with Crippen LogP contribution in [0.3, 0.4) is 0 Å². The molecule has 0 unspecified atom stereocenters. The Labute approximate surface area is 113 Å². The largest absolute Gasteiger partial charge is 0.494 e. The first-order chi connectivity index (χ1) is 9.26. The topological polar surface area (TPSA) is 58.1 Å². The van der Waals surface area contributed by atoms with Crippen LogP contribution in [-0.4, -0.2) is 21.9 Å². The highest BCUT2D eigenvalue weighted by molar-refractivity contribution is 5.65. The highest BCUT2D eigenvalue weighted by Gasteiger charge is 2.11. The number of H-pyrrole nitrogens is 1. The summed E-state index contributed by atoms with van der Waals surface area (Å²) in [7, 11) is 0. The van der Waals surface area contributed by atoms with Gasteiger partial charge < -0.3 is 9.84 Å². The minimum Gasteiger partial charge on any atom is -0.494 e. The van der Waals surface area contributed by atoms with E-state index in [4.69, 9.17) is 4.74 Å². The average Bonchev–Trinajstić information content (AvgIpc) is 2.80. The molecule has 19 heavy (non-hydrogen) atoms. The molecule has 0 atom stereocenters. The normalized spacial score (nSPS) is 10.7. The van der Waals surface area contributed by atoms with E-state index in [1.807, 2.05) is 31.2 Å². The van der Waals surface area contributed by atoms with Gasteiger partial charge in [0, 0.05) is 16.8 Å². The van der Waals surface area contributed by atoms with Crippen molar-refractivity contribution in [3.05, 3.63) is 35.5 Å². The van der Waals surface area contributed by atoms with Gasteiger partial charge in [0.25, 0.3) is 0 Å². The standard InChI is InChI=1S/C15H20N2O2/c1-3-4-8-19-13-7-5-6-12(9-13)15-14(10-18)11(2)16-17-15/h5-7,9,18H,3-4,8,10H2,1-2H3,(H,16,17). The molecule has 0 aliphatic heterocycles. The molecule has 0 aliphatic rings. The minimum atomic E-state index is -0.0153. The summed E-state index contributed by atoms with van der Waals surface area (Å²) in [4.78, 5) is 0. The van der Waals surface area contributed by atoms with Gasteiger partial charge in [0.05, 0.1) is 18.9 Å². The molecule has 0 fully saturated rings. The molecule has 1 aromatic carbocycles. The van der Waals surface area contributed by atoms with Crippen molar-refractivity contribution in [2.45, 2.75) is 33.3 Å². The zero-order chi connectivity index (χ0) is 13.7. The number of benzene rings is 1. The Morgan fingerprint density at radius 2 is 2.21 bits per heavy atom. The Balaban J connectivity index is 2.22. The number of aliphatic hydroxyl groups is 1. The summed E-state index contributed by atoms with van der Waals surface area (Å²) in [5, 5.41) is 16.6. The van der Waals surface area contributed by atoms with Crippen LogP contribution in [0.2, 0.25) is 0 Å². The third-order valence-electron chi connectivity index (χ3n) is 3.11. The predicted molar refractivity (Wildman–Crippen MR) is 75.1 cm³/mol. The van der Waals surface area contributed by atoms with Crippen molar-refractivity contribution in [3.63, 3.8) is 0 Å². The van der Waals surface area contributed by atoms with Crippen LogP contribution in [0.15, 0.2) is 24.3 Å². The van der Waals surface area contributed by atoms with E-state index in [1.165, 1.54) is 0 Å². The van der Waals surface area contributed by atoms with Gasteiger partial charge in [0.1, 0.15) is 5.75 Å². The maximum Gasteiger partial charge on any atom is 0.119 e. The van der Waals surface area contributed by atoms with Crippen molar-refractivity contribution >= 4 is 0 Å². The van der Waals surface area contributed by atoms with E-state index in [0.717, 1.165) is 47.7 Å². The van der Waals surface area contributed by atoms with Crippen molar-refractivity contribution in [2.75, 3.05) is 6.61 Å². The molecule has 1 heterocycles. The number of unbranched alkanes of at least 4 members (excludes halogenated alkanes) is 1. The number of nitrogens with zero attached hydrogens (tertiary/aromatic N) is 1. The number of aromatic amines is 1. The fraction of sp³-hybridized carbons (Fsp3) is 0.400. The smallest absolute Gasteiger partial charge is 0.119 e. The lowest BCUT2D eigenvalue weighted by molar-refractivity contribution is 0.281. The molecule has 1 aromatic heterocycles. The molecule has 2 rings (SSSR count). The highest BCUT2D eigenvalue weighted by Crippen LogP contribution is 2.26. The summed E-state index contributed by atoms with van der Waals surface area (Å²) >= 11 is 0. The van der Waals surface area contributed by atoms with E-state index in [2.05, 4.69) is 17.1 Å². The van der Waals surface area contributed by atoms with Gasteiger partial charge in [-0.2, -0.15) is 5.10 Å². The van der Waals surface area contributed by atoms with Gasteiger partial charge in [0.2, 0.25) is 0 Å². The fourth-order valence-corrected chi connectivity index (χ4v) is 1.95. The van der Waals surface area contributed by atoms with Crippen LogP contribution in [0.25, 0.3) is 11.3 Å². The highest BCUT2D eigenvalue weighted by atomic mass is 16.5. The summed E-state index contributed by atoms with van der Waals surface area (Å²) in [5.41, 5.74) is 3.49. The van der Waals surface area contributed by atoms with Crippen LogP contribution >= 0.6 is 0 Å². The number of ether oxygens (including phenoxy) is 1. The molecular weight excluding hydrogens is 240 g/mol. The van der Waals surface area contributed by atoms with Gasteiger partial charge in [-0.25, -0.2) is 0 Å². The summed E-state index contributed by atoms with van der Waals surface area (Å²) in [5.74, 6) is 0.843. The van der Waals surface area contributed by atoms with E-state index < -0.39 is 0 Å². The molecule has 0 bridgehead atoms. The van der Waals surface area contributed by atoms with E-state index in [9.17, 15) is 5.11 Å². The molecule has 0 radical (unpaired) electrons. The quantitative estimate of drug-likeness (QED) is 0.785. The first-order valence-electron chi connectivity index (χ1n) is 6.64. The summed E-state index contributed by atoms with van der Waals surface area (Å²) < 4.78 is 5.69. The molecule has 0 spiro atoms. The third kappa shape index (κ3) is 3.15. The predicted octanol–water partition coefficient (Wildman–Crippen LogP) is 3.06. The molecule has 0 aliphatic carbocycles. The van der Waals surface area contributed by atoms with Gasteiger partial charge in [-0.05, 0) is 25.5 Å². The first-order valence-corrected chi connectivity index (χ1v) is 6.64. The zero-order valence-corrected chi connectivity index (χ0v) is 11.4. The number of hydrogen-bond donors (Lipinski definition) is 2. The van der Waals surface area contributed by atoms with E-state index in [1.54, 1.807) is 0 Å². The Morgan fingerprint density at radius 1 is 1.37 bits per heavy atom. The minimum absolute atomic E-state index is 0.0153. The summed E-state index contributed by atoms with van der Waals surface area (Å²) in [6.45, 7) is 4.76. The number of hydrogen-bond acceptors (Lipinski definition) is 3. The number of aryl methyl sites for hydroxylation is 1. The van der Waals surface area contributed by atoms with Gasteiger partial charge in [0.15, 0.2) is 0 Å². The number of aromatic nitrogens is 2. The molecule has 102 valence electrons. The Bertz CT molecular complexity index is 535. The fourth-order valence-electron chi connectivity index (χ4n) is 1.95. The van der Waals surface area contributed by atoms with E-state index in [0.29, 0.717) is 0 Å². The van der Waals surface area contributed by atoms with Crippen LogP contribution in [-0.2, 0) is 6.61 Å². The van der Waals surface area contributed by atoms with E-state index >= 15 is 0 Å². The van der Waals surface area contributed by atoms with Crippen molar-refractivity contribution < 1.29 is 9.84 Å². The van der Waals surface area contributed by atoms with Gasteiger partial charge in [-0.3, -0.25) is 5.10 Å². The number of rotatable bonds is 6. The Morgan fingerprint density at radius 3 is 2.95 bits per heavy atom. The van der Waals surface area contributed by atoms with Gasteiger partial charge >= 0.3 is 0 Å². The molecule has 0 amide bonds. The molecular formula is C15H20N2O2. The van der Waals surface area contributed by atoms with Crippen molar-refractivity contribution in [3.8, 4) is 17.0 Å². The second-order valence-electron chi connectivity index (χ2n) is 4.56. The Hall–Kier alpha value is -1.81. The lowest BCUT2D eigenvalue weighted by Gasteiger charge is -2.07. The average molecular weight is 260 g/mol.